The van der Waals surface area contributed by atoms with Gasteiger partial charge in [0.2, 0.25) is 0 Å². The van der Waals surface area contributed by atoms with Gasteiger partial charge in [-0.15, -0.1) is 0 Å². The summed E-state index contributed by atoms with van der Waals surface area (Å²) in [5.41, 5.74) is 0.894. The summed E-state index contributed by atoms with van der Waals surface area (Å²) in [6, 6.07) is 10.6. The maximum atomic E-state index is 13.6. The summed E-state index contributed by atoms with van der Waals surface area (Å²) >= 11 is 0. The minimum atomic E-state index is -1.64. The van der Waals surface area contributed by atoms with E-state index in [2.05, 4.69) is 17.6 Å². The Balaban J connectivity index is 2.06. The normalized spacial score (nSPS) is 11.0. The van der Waals surface area contributed by atoms with E-state index in [9.17, 15) is 18.0 Å². The highest BCUT2D eigenvalue weighted by Gasteiger charge is 2.14. The number of hydrogen-bond acceptors (Lipinski definition) is 3. The summed E-state index contributed by atoms with van der Waals surface area (Å²) in [5.74, 6) is -5.12. The fraction of sp³-hybridized carbons (Fsp3) is 0.200. The van der Waals surface area contributed by atoms with Gasteiger partial charge in [-0.1, -0.05) is 25.5 Å². The van der Waals surface area contributed by atoms with E-state index in [1.54, 1.807) is 18.2 Å². The van der Waals surface area contributed by atoms with Gasteiger partial charge in [0.15, 0.2) is 17.5 Å². The zero-order valence-electron chi connectivity index (χ0n) is 14.7. The second kappa shape index (κ2) is 9.43. The lowest BCUT2D eigenvalue weighted by Gasteiger charge is -2.07. The standard InChI is InChI=1S/C20H18F3N3O/c1-2-3-4-13-5-7-15(8-6-13)26-20(27)14(11-24)12-25-17-10-9-16(21)18(22)19(17)23/h5-10,12,25H,2-4H2,1H3,(H,26,27)/b14-12-. The van der Waals surface area contributed by atoms with Crippen molar-refractivity contribution in [3.63, 3.8) is 0 Å². The number of rotatable bonds is 7. The van der Waals surface area contributed by atoms with Gasteiger partial charge in [0.25, 0.3) is 5.91 Å². The second-order valence-electron chi connectivity index (χ2n) is 5.79. The Morgan fingerprint density at radius 1 is 1.11 bits per heavy atom. The number of nitrogens with zero attached hydrogens (tertiary/aromatic N) is 1. The quantitative estimate of drug-likeness (QED) is 0.412. The highest BCUT2D eigenvalue weighted by atomic mass is 19.2. The fourth-order valence-electron chi connectivity index (χ4n) is 2.27. The Morgan fingerprint density at radius 2 is 1.81 bits per heavy atom. The Bertz CT molecular complexity index is 887. The lowest BCUT2D eigenvalue weighted by molar-refractivity contribution is -0.112. The molecule has 0 heterocycles. The van der Waals surface area contributed by atoms with Crippen LogP contribution < -0.4 is 10.6 Å². The number of benzene rings is 2. The highest BCUT2D eigenvalue weighted by molar-refractivity contribution is 6.06. The van der Waals surface area contributed by atoms with Gasteiger partial charge in [-0.05, 0) is 42.7 Å². The van der Waals surface area contributed by atoms with Gasteiger partial charge in [0.1, 0.15) is 11.6 Å². The first kappa shape index (κ1) is 20.0. The van der Waals surface area contributed by atoms with Gasteiger partial charge in [-0.2, -0.15) is 5.26 Å². The lowest BCUT2D eigenvalue weighted by Crippen LogP contribution is -2.14. The van der Waals surface area contributed by atoms with Crippen molar-refractivity contribution in [3.8, 4) is 6.07 Å². The van der Waals surface area contributed by atoms with E-state index in [0.29, 0.717) is 5.69 Å². The summed E-state index contributed by atoms with van der Waals surface area (Å²) in [6.45, 7) is 2.10. The third kappa shape index (κ3) is 5.35. The van der Waals surface area contributed by atoms with Gasteiger partial charge >= 0.3 is 0 Å². The van der Waals surface area contributed by atoms with Crippen molar-refractivity contribution in [2.75, 3.05) is 10.6 Å². The largest absolute Gasteiger partial charge is 0.358 e. The molecule has 0 saturated heterocycles. The molecule has 2 rings (SSSR count). The van der Waals surface area contributed by atoms with Crippen molar-refractivity contribution in [3.05, 3.63) is 71.2 Å². The molecule has 0 aromatic heterocycles. The number of carbonyl (C=O) groups is 1. The van der Waals surface area contributed by atoms with Crippen LogP contribution in [-0.4, -0.2) is 5.91 Å². The Kier molecular flexibility index (Phi) is 7.00. The molecule has 0 unspecified atom stereocenters. The van der Waals surface area contributed by atoms with E-state index in [1.807, 2.05) is 12.1 Å². The van der Waals surface area contributed by atoms with Crippen LogP contribution in [0.2, 0.25) is 0 Å². The topological polar surface area (TPSA) is 64.9 Å². The minimum Gasteiger partial charge on any atom is -0.358 e. The Labute approximate surface area is 155 Å². The molecule has 0 fully saturated rings. The molecule has 4 nitrogen and oxygen atoms in total. The molecular formula is C20H18F3N3O. The first-order valence-corrected chi connectivity index (χ1v) is 8.36. The maximum Gasteiger partial charge on any atom is 0.267 e. The van der Waals surface area contributed by atoms with E-state index in [4.69, 9.17) is 5.26 Å². The van der Waals surface area contributed by atoms with Crippen LogP contribution in [-0.2, 0) is 11.2 Å². The van der Waals surface area contributed by atoms with Crippen LogP contribution in [0.4, 0.5) is 24.5 Å². The van der Waals surface area contributed by atoms with E-state index in [-0.39, 0.29) is 5.57 Å². The van der Waals surface area contributed by atoms with Crippen molar-refractivity contribution in [2.24, 2.45) is 0 Å². The summed E-state index contributed by atoms with van der Waals surface area (Å²) < 4.78 is 39.7. The zero-order chi connectivity index (χ0) is 19.8. The van der Waals surface area contributed by atoms with Crippen molar-refractivity contribution in [1.29, 1.82) is 5.26 Å². The second-order valence-corrected chi connectivity index (χ2v) is 5.79. The van der Waals surface area contributed by atoms with Crippen molar-refractivity contribution in [2.45, 2.75) is 26.2 Å². The molecule has 0 spiro atoms. The first-order chi connectivity index (χ1) is 13.0. The number of aryl methyl sites for hydroxylation is 1. The molecule has 2 N–H and O–H groups in total. The average Bonchev–Trinajstić information content (AvgIpc) is 2.67. The first-order valence-electron chi connectivity index (χ1n) is 8.36. The van der Waals surface area contributed by atoms with Crippen LogP contribution in [0.3, 0.4) is 0 Å². The fourth-order valence-corrected chi connectivity index (χ4v) is 2.27. The minimum absolute atomic E-state index is 0.353. The average molecular weight is 373 g/mol. The molecule has 0 bridgehead atoms. The third-order valence-corrected chi connectivity index (χ3v) is 3.80. The summed E-state index contributed by atoms with van der Waals surface area (Å²) in [5, 5.41) is 14.0. The molecule has 2 aromatic rings. The molecule has 0 radical (unpaired) electrons. The van der Waals surface area contributed by atoms with Gasteiger partial charge in [-0.3, -0.25) is 4.79 Å². The summed E-state index contributed by atoms with van der Waals surface area (Å²) in [6.07, 6.45) is 4.03. The van der Waals surface area contributed by atoms with Crippen LogP contribution in [0.1, 0.15) is 25.3 Å². The number of anilines is 2. The summed E-state index contributed by atoms with van der Waals surface area (Å²) in [4.78, 5) is 12.2. The van der Waals surface area contributed by atoms with Gasteiger partial charge in [-0.25, -0.2) is 13.2 Å². The van der Waals surface area contributed by atoms with E-state index < -0.39 is 29.0 Å². The maximum absolute atomic E-state index is 13.6. The SMILES string of the molecule is CCCCc1ccc(NC(=O)/C(C#N)=C\Nc2ccc(F)c(F)c2F)cc1. The molecular weight excluding hydrogens is 355 g/mol. The van der Waals surface area contributed by atoms with Crippen LogP contribution in [0.5, 0.6) is 0 Å². The number of nitrogens with one attached hydrogen (secondary N) is 2. The highest BCUT2D eigenvalue weighted by Crippen LogP contribution is 2.20. The van der Waals surface area contributed by atoms with Crippen LogP contribution in [0.25, 0.3) is 0 Å². The van der Waals surface area contributed by atoms with Gasteiger partial charge in [0.05, 0.1) is 5.69 Å². The van der Waals surface area contributed by atoms with Crippen LogP contribution >= 0.6 is 0 Å². The molecule has 0 saturated carbocycles. The molecule has 1 amide bonds. The lowest BCUT2D eigenvalue weighted by atomic mass is 10.1. The molecule has 0 aliphatic heterocycles. The molecule has 140 valence electrons. The van der Waals surface area contributed by atoms with Crippen LogP contribution in [0, 0.1) is 28.8 Å². The van der Waals surface area contributed by atoms with Crippen molar-refractivity contribution in [1.82, 2.24) is 0 Å². The van der Waals surface area contributed by atoms with Gasteiger partial charge < -0.3 is 10.6 Å². The smallest absolute Gasteiger partial charge is 0.267 e. The predicted octanol–water partition coefficient (Wildman–Crippen LogP) is 4.90. The monoisotopic (exact) mass is 373 g/mol. The third-order valence-electron chi connectivity index (χ3n) is 3.80. The molecule has 7 heteroatoms. The summed E-state index contributed by atoms with van der Waals surface area (Å²) in [7, 11) is 0. The molecule has 27 heavy (non-hydrogen) atoms. The van der Waals surface area contributed by atoms with E-state index in [0.717, 1.165) is 43.2 Å². The van der Waals surface area contributed by atoms with Crippen molar-refractivity contribution >= 4 is 17.3 Å². The molecule has 0 aliphatic rings. The molecule has 0 atom stereocenters. The number of carbonyl (C=O) groups excluding carboxylic acids is 1. The van der Waals surface area contributed by atoms with Crippen LogP contribution in [0.15, 0.2) is 48.2 Å². The van der Waals surface area contributed by atoms with Crippen molar-refractivity contribution < 1.29 is 18.0 Å². The zero-order valence-corrected chi connectivity index (χ0v) is 14.7. The number of amides is 1. The van der Waals surface area contributed by atoms with Gasteiger partial charge in [0, 0.05) is 11.9 Å². The Hall–Kier alpha value is -3.27. The number of unbranched alkanes of at least 4 members (excludes halogenated alkanes) is 1. The van der Waals surface area contributed by atoms with E-state index >= 15 is 0 Å². The van der Waals surface area contributed by atoms with E-state index in [1.165, 1.54) is 0 Å². The number of halogens is 3. The molecule has 0 aliphatic carbocycles. The predicted molar refractivity (Wildman–Crippen MR) is 97.3 cm³/mol. The Morgan fingerprint density at radius 3 is 2.44 bits per heavy atom. The molecule has 2 aromatic carbocycles. The number of hydrogen-bond donors (Lipinski definition) is 2. The number of nitriles is 1.